The summed E-state index contributed by atoms with van der Waals surface area (Å²) in [6.07, 6.45) is 1.43. The van der Waals surface area contributed by atoms with Crippen LogP contribution in [0.15, 0.2) is 53.6 Å². The van der Waals surface area contributed by atoms with E-state index in [1.54, 1.807) is 18.3 Å². The van der Waals surface area contributed by atoms with Gasteiger partial charge in [-0.25, -0.2) is 13.4 Å². The van der Waals surface area contributed by atoms with Crippen molar-refractivity contribution in [3.05, 3.63) is 54.2 Å². The van der Waals surface area contributed by atoms with E-state index in [4.69, 9.17) is 4.74 Å². The largest absolute Gasteiger partial charge is 0.472 e. The van der Waals surface area contributed by atoms with Crippen LogP contribution >= 0.6 is 0 Å². The van der Waals surface area contributed by atoms with Gasteiger partial charge in [0, 0.05) is 17.8 Å². The van der Waals surface area contributed by atoms with Gasteiger partial charge in [0.25, 0.3) is 0 Å². The van der Waals surface area contributed by atoms with Crippen molar-refractivity contribution in [2.24, 2.45) is 0 Å². The van der Waals surface area contributed by atoms with Crippen molar-refractivity contribution < 1.29 is 17.9 Å². The van der Waals surface area contributed by atoms with Gasteiger partial charge in [0.1, 0.15) is 6.10 Å². The molecule has 0 unspecified atom stereocenters. The Morgan fingerprint density at radius 1 is 1.17 bits per heavy atom. The molecule has 120 valence electrons. The molecule has 1 aromatic carbocycles. The predicted molar refractivity (Wildman–Crippen MR) is 83.9 cm³/mol. The Kier molecular flexibility index (Phi) is 4.14. The highest BCUT2D eigenvalue weighted by atomic mass is 32.2. The van der Waals surface area contributed by atoms with Gasteiger partial charge in [-0.1, -0.05) is 18.2 Å². The van der Waals surface area contributed by atoms with Crippen LogP contribution in [-0.4, -0.2) is 42.7 Å². The summed E-state index contributed by atoms with van der Waals surface area (Å²) in [4.78, 5) is 15.5. The zero-order valence-corrected chi connectivity index (χ0v) is 13.4. The topological polar surface area (TPSA) is 76.6 Å². The van der Waals surface area contributed by atoms with Gasteiger partial charge in [0.15, 0.2) is 5.78 Å². The van der Waals surface area contributed by atoms with Crippen molar-refractivity contribution in [1.82, 2.24) is 9.29 Å². The predicted octanol–water partition coefficient (Wildman–Crippen LogP) is 1.74. The summed E-state index contributed by atoms with van der Waals surface area (Å²) >= 11 is 0. The number of ketones is 1. The van der Waals surface area contributed by atoms with E-state index >= 15 is 0 Å². The molecule has 2 heterocycles. The van der Waals surface area contributed by atoms with E-state index < -0.39 is 10.0 Å². The molecule has 0 spiro atoms. The standard InChI is InChI=1S/C16H16N2O4S/c1-12(19)13-5-7-15(8-6-13)23(20,21)18-10-14(11-18)22-16-4-2-3-9-17-16/h2-9,14H,10-11H2,1H3. The van der Waals surface area contributed by atoms with Gasteiger partial charge in [0.2, 0.25) is 15.9 Å². The molecule has 0 radical (unpaired) electrons. The fourth-order valence-electron chi connectivity index (χ4n) is 2.27. The fourth-order valence-corrected chi connectivity index (χ4v) is 3.77. The molecule has 0 atom stereocenters. The third kappa shape index (κ3) is 3.25. The third-order valence-electron chi connectivity index (χ3n) is 3.64. The van der Waals surface area contributed by atoms with Crippen LogP contribution in [0.25, 0.3) is 0 Å². The van der Waals surface area contributed by atoms with E-state index in [-0.39, 0.29) is 29.9 Å². The Morgan fingerprint density at radius 3 is 2.43 bits per heavy atom. The molecular weight excluding hydrogens is 316 g/mol. The summed E-state index contributed by atoms with van der Waals surface area (Å²) in [6, 6.07) is 11.3. The quantitative estimate of drug-likeness (QED) is 0.780. The molecule has 1 aliphatic heterocycles. The zero-order valence-electron chi connectivity index (χ0n) is 12.5. The summed E-state index contributed by atoms with van der Waals surface area (Å²) in [5, 5.41) is 0. The number of nitrogens with zero attached hydrogens (tertiary/aromatic N) is 2. The van der Waals surface area contributed by atoms with Crippen molar-refractivity contribution in [3.63, 3.8) is 0 Å². The number of hydrogen-bond donors (Lipinski definition) is 0. The van der Waals surface area contributed by atoms with Crippen LogP contribution in [-0.2, 0) is 10.0 Å². The lowest BCUT2D eigenvalue weighted by Gasteiger charge is -2.37. The lowest BCUT2D eigenvalue weighted by molar-refractivity contribution is 0.0721. The van der Waals surface area contributed by atoms with Gasteiger partial charge in [-0.3, -0.25) is 4.79 Å². The number of benzene rings is 1. The first-order chi connectivity index (χ1) is 11.0. The molecule has 1 fully saturated rings. The Balaban J connectivity index is 1.65. The Hall–Kier alpha value is -2.25. The number of rotatable bonds is 5. The highest BCUT2D eigenvalue weighted by Crippen LogP contribution is 2.24. The Labute approximate surface area is 134 Å². The number of carbonyl (C=O) groups is 1. The summed E-state index contributed by atoms with van der Waals surface area (Å²) in [5.74, 6) is 0.391. The monoisotopic (exact) mass is 332 g/mol. The van der Waals surface area contributed by atoms with Crippen LogP contribution in [0.5, 0.6) is 5.88 Å². The Bertz CT molecular complexity index is 798. The average Bonchev–Trinajstić information content (AvgIpc) is 2.51. The van der Waals surface area contributed by atoms with Crippen LogP contribution < -0.4 is 4.74 Å². The van der Waals surface area contributed by atoms with Crippen LogP contribution in [0.4, 0.5) is 0 Å². The van der Waals surface area contributed by atoms with Crippen LogP contribution in [0, 0.1) is 0 Å². The second-order valence-corrected chi connectivity index (χ2v) is 7.25. The van der Waals surface area contributed by atoms with E-state index in [2.05, 4.69) is 4.98 Å². The van der Waals surface area contributed by atoms with Crippen LogP contribution in [0.3, 0.4) is 0 Å². The average molecular weight is 332 g/mol. The van der Waals surface area contributed by atoms with Gasteiger partial charge >= 0.3 is 0 Å². The molecule has 7 heteroatoms. The minimum atomic E-state index is -3.55. The maximum absolute atomic E-state index is 12.5. The fraction of sp³-hybridized carbons (Fsp3) is 0.250. The summed E-state index contributed by atoms with van der Waals surface area (Å²) in [7, 11) is -3.55. The summed E-state index contributed by atoms with van der Waals surface area (Å²) in [6.45, 7) is 2.01. The molecule has 1 saturated heterocycles. The van der Waals surface area contributed by atoms with Crippen molar-refractivity contribution >= 4 is 15.8 Å². The van der Waals surface area contributed by atoms with Crippen LogP contribution in [0.1, 0.15) is 17.3 Å². The van der Waals surface area contributed by atoms with Gasteiger partial charge in [-0.15, -0.1) is 0 Å². The van der Waals surface area contributed by atoms with Crippen molar-refractivity contribution in [2.75, 3.05) is 13.1 Å². The molecular formula is C16H16N2O4S. The van der Waals surface area contributed by atoms with Gasteiger partial charge in [-0.05, 0) is 25.1 Å². The van der Waals surface area contributed by atoms with Crippen molar-refractivity contribution in [3.8, 4) is 5.88 Å². The molecule has 1 aliphatic rings. The molecule has 23 heavy (non-hydrogen) atoms. The number of aromatic nitrogens is 1. The molecule has 0 amide bonds. The number of hydrogen-bond acceptors (Lipinski definition) is 5. The normalized spacial score (nSPS) is 15.9. The van der Waals surface area contributed by atoms with Crippen molar-refractivity contribution in [2.45, 2.75) is 17.9 Å². The molecule has 1 aromatic heterocycles. The smallest absolute Gasteiger partial charge is 0.243 e. The second-order valence-electron chi connectivity index (χ2n) is 5.31. The van der Waals surface area contributed by atoms with E-state index in [0.717, 1.165) is 0 Å². The third-order valence-corrected chi connectivity index (χ3v) is 5.48. The second kappa shape index (κ2) is 6.10. The summed E-state index contributed by atoms with van der Waals surface area (Å²) < 4.78 is 31.9. The maximum atomic E-state index is 12.5. The number of ether oxygens (including phenoxy) is 1. The minimum Gasteiger partial charge on any atom is -0.472 e. The first kappa shape index (κ1) is 15.6. The lowest BCUT2D eigenvalue weighted by Crippen LogP contribution is -2.56. The van der Waals surface area contributed by atoms with Gasteiger partial charge in [0.05, 0.1) is 18.0 Å². The molecule has 2 aromatic rings. The molecule has 0 saturated carbocycles. The number of pyridine rings is 1. The van der Waals surface area contributed by atoms with Crippen LogP contribution in [0.2, 0.25) is 0 Å². The van der Waals surface area contributed by atoms with E-state index in [9.17, 15) is 13.2 Å². The van der Waals surface area contributed by atoms with Gasteiger partial charge < -0.3 is 4.74 Å². The molecule has 0 bridgehead atoms. The first-order valence-electron chi connectivity index (χ1n) is 7.15. The highest BCUT2D eigenvalue weighted by Gasteiger charge is 2.38. The van der Waals surface area contributed by atoms with E-state index in [1.165, 1.54) is 35.5 Å². The molecule has 0 aliphatic carbocycles. The zero-order chi connectivity index (χ0) is 16.4. The van der Waals surface area contributed by atoms with Crippen molar-refractivity contribution in [1.29, 1.82) is 0 Å². The Morgan fingerprint density at radius 2 is 1.87 bits per heavy atom. The maximum Gasteiger partial charge on any atom is 0.243 e. The number of Topliss-reactive ketones (excluding diaryl/α,β-unsaturated/α-hetero) is 1. The summed E-state index contributed by atoms with van der Waals surface area (Å²) in [5.41, 5.74) is 0.490. The molecule has 0 N–H and O–H groups in total. The first-order valence-corrected chi connectivity index (χ1v) is 8.59. The molecule has 6 nitrogen and oxygen atoms in total. The van der Waals surface area contributed by atoms with Gasteiger partial charge in [-0.2, -0.15) is 4.31 Å². The van der Waals surface area contributed by atoms with E-state index in [0.29, 0.717) is 11.4 Å². The highest BCUT2D eigenvalue weighted by molar-refractivity contribution is 7.89. The number of sulfonamides is 1. The SMILES string of the molecule is CC(=O)c1ccc(S(=O)(=O)N2CC(Oc3ccccn3)C2)cc1. The van der Waals surface area contributed by atoms with E-state index in [1.807, 2.05) is 6.07 Å². The minimum absolute atomic E-state index is 0.0956. The number of carbonyl (C=O) groups excluding carboxylic acids is 1. The lowest BCUT2D eigenvalue weighted by atomic mass is 10.2. The molecule has 3 rings (SSSR count).